The molecule has 2 aliphatic rings. The van der Waals surface area contributed by atoms with E-state index in [1.165, 1.54) is 12.3 Å². The molecule has 1 aromatic carbocycles. The molecule has 1 unspecified atom stereocenters. The van der Waals surface area contributed by atoms with Gasteiger partial charge in [0.25, 0.3) is 0 Å². The van der Waals surface area contributed by atoms with Crippen molar-refractivity contribution in [3.8, 4) is 6.07 Å². The van der Waals surface area contributed by atoms with Gasteiger partial charge in [-0.3, -0.25) is 0 Å². The largest absolute Gasteiger partial charge is 0.494 e. The van der Waals surface area contributed by atoms with Gasteiger partial charge >= 0.3 is 7.12 Å². The van der Waals surface area contributed by atoms with Gasteiger partial charge in [-0.25, -0.2) is 9.37 Å². The molecule has 0 bridgehead atoms. The Balaban J connectivity index is 1.55. The molecule has 144 valence electrons. The fourth-order valence-corrected chi connectivity index (χ4v) is 3.41. The molecule has 0 spiro atoms. The Kier molecular flexibility index (Phi) is 5.32. The van der Waals surface area contributed by atoms with Crippen molar-refractivity contribution >= 4 is 41.6 Å². The molecule has 1 fully saturated rings. The summed E-state index contributed by atoms with van der Waals surface area (Å²) in [5.41, 5.74) is 1.11. The highest BCUT2D eigenvalue weighted by Gasteiger charge is 2.31. The van der Waals surface area contributed by atoms with Gasteiger partial charge in [0.05, 0.1) is 37.4 Å². The van der Waals surface area contributed by atoms with Crippen molar-refractivity contribution in [2.24, 2.45) is 5.92 Å². The third kappa shape index (κ3) is 3.75. The minimum Gasteiger partial charge on any atom is -0.423 e. The summed E-state index contributed by atoms with van der Waals surface area (Å²) in [7, 11) is -1.25. The number of halogens is 2. The predicted molar refractivity (Wildman–Crippen MR) is 101 cm³/mol. The number of nitrogens with zero attached hydrogens (tertiary/aromatic N) is 3. The van der Waals surface area contributed by atoms with E-state index in [0.29, 0.717) is 41.7 Å². The highest BCUT2D eigenvalue weighted by molar-refractivity contribution is 6.61. The number of benzene rings is 1. The molecule has 4 rings (SSSR count). The second kappa shape index (κ2) is 7.89. The van der Waals surface area contributed by atoms with Crippen LogP contribution in [-0.4, -0.2) is 41.4 Å². The fourth-order valence-electron chi connectivity index (χ4n) is 3.26. The molecule has 1 aromatic heterocycles. The highest BCUT2D eigenvalue weighted by Crippen LogP contribution is 2.26. The number of fused-ring (bicyclic) bond motifs is 1. The number of aromatic nitrogens is 2. The maximum atomic E-state index is 14.2. The smallest absolute Gasteiger partial charge is 0.423 e. The van der Waals surface area contributed by atoms with Crippen molar-refractivity contribution in [1.82, 2.24) is 9.97 Å². The Morgan fingerprint density at radius 1 is 1.43 bits per heavy atom. The lowest BCUT2D eigenvalue weighted by molar-refractivity contribution is 0.0698. The lowest BCUT2D eigenvalue weighted by Crippen LogP contribution is -2.38. The molecular formula is C17H16BClFN5O3. The van der Waals surface area contributed by atoms with E-state index in [0.717, 1.165) is 0 Å². The topological polar surface area (TPSA) is 112 Å². The summed E-state index contributed by atoms with van der Waals surface area (Å²) in [6.07, 6.45) is 2.05. The van der Waals surface area contributed by atoms with Crippen molar-refractivity contribution in [3.05, 3.63) is 34.7 Å². The van der Waals surface area contributed by atoms with Crippen LogP contribution in [0, 0.1) is 23.1 Å². The van der Waals surface area contributed by atoms with Gasteiger partial charge in [-0.1, -0.05) is 11.6 Å². The van der Waals surface area contributed by atoms with Crippen molar-refractivity contribution in [3.63, 3.8) is 0 Å². The lowest BCUT2D eigenvalue weighted by atomic mass is 9.79. The first-order valence-electron chi connectivity index (χ1n) is 8.70. The van der Waals surface area contributed by atoms with E-state index in [1.54, 1.807) is 6.07 Å². The molecular weight excluding hydrogens is 387 g/mol. The van der Waals surface area contributed by atoms with Crippen molar-refractivity contribution < 1.29 is 18.8 Å². The standard InChI is InChI=1S/C17H16BClFN5O3/c19-12-6-22-17(25-16(12)24-14-8-27-2-1-9(14)5-21)23-11-3-10-7-28-18(26)15(10)13(20)4-11/h3-4,6,9,14,26H,1-2,7-8H2,(H2,22,23,24,25)/t9-,14?/m1/s1. The van der Waals surface area contributed by atoms with Crippen LogP contribution in [0.25, 0.3) is 0 Å². The number of hydrogen-bond acceptors (Lipinski definition) is 8. The summed E-state index contributed by atoms with van der Waals surface area (Å²) in [5, 5.41) is 25.3. The zero-order valence-electron chi connectivity index (χ0n) is 14.7. The Hall–Kier alpha value is -2.45. The minimum atomic E-state index is -1.25. The highest BCUT2D eigenvalue weighted by atomic mass is 35.5. The van der Waals surface area contributed by atoms with Crippen molar-refractivity contribution in [2.45, 2.75) is 19.1 Å². The number of nitrogens with one attached hydrogen (secondary N) is 2. The summed E-state index contributed by atoms with van der Waals surface area (Å²) in [4.78, 5) is 8.45. The Labute approximate surface area is 165 Å². The van der Waals surface area contributed by atoms with E-state index in [9.17, 15) is 14.7 Å². The second-order valence-corrected chi connectivity index (χ2v) is 6.97. The molecule has 2 atom stereocenters. The zero-order valence-corrected chi connectivity index (χ0v) is 15.4. The number of ether oxygens (including phenoxy) is 1. The first-order chi connectivity index (χ1) is 13.5. The monoisotopic (exact) mass is 403 g/mol. The van der Waals surface area contributed by atoms with E-state index in [4.69, 9.17) is 21.0 Å². The first-order valence-corrected chi connectivity index (χ1v) is 9.08. The Bertz CT molecular complexity index is 944. The van der Waals surface area contributed by atoms with E-state index in [-0.39, 0.29) is 30.0 Å². The van der Waals surface area contributed by atoms with Gasteiger partial charge in [0, 0.05) is 17.8 Å². The molecule has 2 aliphatic heterocycles. The molecule has 0 amide bonds. The molecule has 11 heteroatoms. The van der Waals surface area contributed by atoms with Gasteiger partial charge in [0.1, 0.15) is 10.8 Å². The van der Waals surface area contributed by atoms with Crippen LogP contribution >= 0.6 is 11.6 Å². The van der Waals surface area contributed by atoms with Gasteiger partial charge in [0.2, 0.25) is 5.95 Å². The van der Waals surface area contributed by atoms with Gasteiger partial charge in [-0.15, -0.1) is 0 Å². The average Bonchev–Trinajstić information content (AvgIpc) is 3.06. The molecule has 28 heavy (non-hydrogen) atoms. The SMILES string of the molecule is N#C[C@H]1CCOCC1Nc1nc(Nc2cc(F)c3c(c2)COB3O)ncc1Cl. The number of anilines is 3. The van der Waals surface area contributed by atoms with E-state index in [2.05, 4.69) is 26.7 Å². The van der Waals surface area contributed by atoms with Crippen molar-refractivity contribution in [2.75, 3.05) is 23.8 Å². The second-order valence-electron chi connectivity index (χ2n) is 6.56. The van der Waals surface area contributed by atoms with Gasteiger partial charge in [0.15, 0.2) is 5.82 Å². The van der Waals surface area contributed by atoms with Crippen LogP contribution in [-0.2, 0) is 16.0 Å². The number of rotatable bonds is 4. The zero-order chi connectivity index (χ0) is 19.7. The lowest BCUT2D eigenvalue weighted by Gasteiger charge is -2.28. The van der Waals surface area contributed by atoms with E-state index in [1.807, 2.05) is 0 Å². The maximum absolute atomic E-state index is 14.2. The van der Waals surface area contributed by atoms with Crippen LogP contribution in [0.3, 0.4) is 0 Å². The van der Waals surface area contributed by atoms with E-state index >= 15 is 0 Å². The fraction of sp³-hybridized carbons (Fsp3) is 0.353. The quantitative estimate of drug-likeness (QED) is 0.660. The summed E-state index contributed by atoms with van der Waals surface area (Å²) in [5.74, 6) is -0.229. The molecule has 3 heterocycles. The molecule has 3 N–H and O–H groups in total. The molecule has 0 saturated carbocycles. The first kappa shape index (κ1) is 18.9. The third-order valence-electron chi connectivity index (χ3n) is 4.70. The van der Waals surface area contributed by atoms with Crippen LogP contribution in [0.5, 0.6) is 0 Å². The van der Waals surface area contributed by atoms with Crippen LogP contribution in [0.2, 0.25) is 5.02 Å². The number of hydrogen-bond donors (Lipinski definition) is 3. The Morgan fingerprint density at radius 3 is 3.11 bits per heavy atom. The molecule has 8 nitrogen and oxygen atoms in total. The average molecular weight is 404 g/mol. The van der Waals surface area contributed by atoms with E-state index < -0.39 is 12.9 Å². The Morgan fingerprint density at radius 2 is 2.29 bits per heavy atom. The molecule has 0 aliphatic carbocycles. The third-order valence-corrected chi connectivity index (χ3v) is 4.98. The van der Waals surface area contributed by atoms with Crippen LogP contribution in [0.4, 0.5) is 21.8 Å². The summed E-state index contributed by atoms with van der Waals surface area (Å²) < 4.78 is 24.7. The van der Waals surface area contributed by atoms with Crippen LogP contribution in [0.1, 0.15) is 12.0 Å². The summed E-state index contributed by atoms with van der Waals surface area (Å²) in [6, 6.07) is 4.93. The molecule has 2 aromatic rings. The molecule has 0 radical (unpaired) electrons. The van der Waals surface area contributed by atoms with Gasteiger partial charge < -0.3 is 25.0 Å². The normalized spacial score (nSPS) is 21.1. The predicted octanol–water partition coefficient (Wildman–Crippen LogP) is 1.57. The van der Waals surface area contributed by atoms with Crippen LogP contribution in [0.15, 0.2) is 18.3 Å². The van der Waals surface area contributed by atoms with Crippen LogP contribution < -0.4 is 16.1 Å². The van der Waals surface area contributed by atoms with Gasteiger partial charge in [-0.05, 0) is 24.1 Å². The minimum absolute atomic E-state index is 0.119. The molecule has 1 saturated heterocycles. The summed E-state index contributed by atoms with van der Waals surface area (Å²) >= 11 is 6.18. The summed E-state index contributed by atoms with van der Waals surface area (Å²) in [6.45, 7) is 1.04. The van der Waals surface area contributed by atoms with Crippen molar-refractivity contribution in [1.29, 1.82) is 5.26 Å². The maximum Gasteiger partial charge on any atom is 0.494 e. The number of nitriles is 1. The van der Waals surface area contributed by atoms with Gasteiger partial charge in [-0.2, -0.15) is 10.2 Å².